The molecule has 0 rings (SSSR count). The Hall–Kier alpha value is -0.860. The van der Waals surface area contributed by atoms with Crippen molar-refractivity contribution in [1.82, 2.24) is 0 Å². The van der Waals surface area contributed by atoms with E-state index in [0.717, 1.165) is 0 Å². The third-order valence-corrected chi connectivity index (χ3v) is 1.44. The van der Waals surface area contributed by atoms with Gasteiger partial charge in [-0.05, 0) is 19.4 Å². The lowest BCUT2D eigenvalue weighted by Crippen LogP contribution is -1.91. The third-order valence-electron chi connectivity index (χ3n) is 1.44. The number of rotatable bonds is 3. The molecule has 0 aliphatic rings. The second-order valence-corrected chi connectivity index (χ2v) is 2.61. The van der Waals surface area contributed by atoms with Crippen LogP contribution in [0.25, 0.3) is 0 Å². The fourth-order valence-electron chi connectivity index (χ4n) is 0.731. The van der Waals surface area contributed by atoms with Gasteiger partial charge in [0.1, 0.15) is 5.76 Å². The van der Waals surface area contributed by atoms with Gasteiger partial charge in [-0.25, -0.2) is 8.78 Å². The van der Waals surface area contributed by atoms with Crippen molar-refractivity contribution in [1.29, 1.82) is 0 Å². The van der Waals surface area contributed by atoms with Crippen LogP contribution in [0.5, 0.6) is 0 Å². The summed E-state index contributed by atoms with van der Waals surface area (Å²) in [7, 11) is 1.33. The van der Waals surface area contributed by atoms with E-state index in [4.69, 9.17) is 0 Å². The van der Waals surface area contributed by atoms with E-state index in [1.807, 2.05) is 0 Å². The summed E-state index contributed by atoms with van der Waals surface area (Å²) in [6.45, 7) is 4.73. The Labute approximate surface area is 71.7 Å². The molecule has 0 N–H and O–H groups in total. The van der Waals surface area contributed by atoms with E-state index in [1.165, 1.54) is 21.0 Å². The van der Waals surface area contributed by atoms with Crippen molar-refractivity contribution < 1.29 is 13.5 Å². The third kappa shape index (κ3) is 2.64. The molecule has 0 unspecified atom stereocenters. The van der Waals surface area contributed by atoms with Crippen molar-refractivity contribution in [3.05, 3.63) is 23.0 Å². The SMILES string of the molecule is CC/C(OC)=C(/F)C(F)=C(C)C. The smallest absolute Gasteiger partial charge is 0.196 e. The first kappa shape index (κ1) is 11.1. The van der Waals surface area contributed by atoms with E-state index in [2.05, 4.69) is 4.74 Å². The van der Waals surface area contributed by atoms with Gasteiger partial charge in [0.25, 0.3) is 0 Å². The first-order chi connectivity index (χ1) is 5.54. The van der Waals surface area contributed by atoms with Gasteiger partial charge in [-0.15, -0.1) is 0 Å². The maximum absolute atomic E-state index is 13.0. The average Bonchev–Trinajstić information content (AvgIpc) is 2.05. The number of halogens is 2. The molecular weight excluding hydrogens is 162 g/mol. The van der Waals surface area contributed by atoms with Gasteiger partial charge in [-0.2, -0.15) is 0 Å². The maximum atomic E-state index is 13.0. The molecule has 0 aliphatic heterocycles. The van der Waals surface area contributed by atoms with Crippen LogP contribution >= 0.6 is 0 Å². The summed E-state index contributed by atoms with van der Waals surface area (Å²) in [6, 6.07) is 0. The maximum Gasteiger partial charge on any atom is 0.196 e. The molecule has 0 bridgehead atoms. The molecule has 0 spiro atoms. The number of hydrogen-bond donors (Lipinski definition) is 0. The van der Waals surface area contributed by atoms with Crippen molar-refractivity contribution in [3.63, 3.8) is 0 Å². The molecule has 0 aromatic heterocycles. The van der Waals surface area contributed by atoms with Crippen molar-refractivity contribution in [2.24, 2.45) is 0 Å². The minimum Gasteiger partial charge on any atom is -0.498 e. The zero-order valence-electron chi connectivity index (χ0n) is 7.87. The van der Waals surface area contributed by atoms with Gasteiger partial charge in [-0.3, -0.25) is 0 Å². The van der Waals surface area contributed by atoms with Crippen molar-refractivity contribution in [2.75, 3.05) is 7.11 Å². The largest absolute Gasteiger partial charge is 0.498 e. The van der Waals surface area contributed by atoms with Crippen LogP contribution in [0.2, 0.25) is 0 Å². The fourth-order valence-corrected chi connectivity index (χ4v) is 0.731. The summed E-state index contributed by atoms with van der Waals surface area (Å²) in [4.78, 5) is 0. The number of hydrogen-bond acceptors (Lipinski definition) is 1. The van der Waals surface area contributed by atoms with E-state index in [9.17, 15) is 8.78 Å². The average molecular weight is 176 g/mol. The molecule has 0 amide bonds. The minimum absolute atomic E-state index is 0.0497. The number of ether oxygens (including phenoxy) is 1. The van der Waals surface area contributed by atoms with E-state index in [-0.39, 0.29) is 5.76 Å². The molecule has 12 heavy (non-hydrogen) atoms. The second-order valence-electron chi connectivity index (χ2n) is 2.61. The normalized spacial score (nSPS) is 12.2. The first-order valence-corrected chi connectivity index (χ1v) is 3.80. The Morgan fingerprint density at radius 2 is 1.67 bits per heavy atom. The molecule has 0 aromatic rings. The molecule has 0 aliphatic carbocycles. The van der Waals surface area contributed by atoms with Gasteiger partial charge < -0.3 is 4.74 Å². The van der Waals surface area contributed by atoms with E-state index in [0.29, 0.717) is 12.0 Å². The predicted octanol–water partition coefficient (Wildman–Crippen LogP) is 3.49. The fraction of sp³-hybridized carbons (Fsp3) is 0.556. The Bertz CT molecular complexity index is 207. The highest BCUT2D eigenvalue weighted by Crippen LogP contribution is 2.22. The highest BCUT2D eigenvalue weighted by Gasteiger charge is 2.11. The lowest BCUT2D eigenvalue weighted by Gasteiger charge is -2.04. The van der Waals surface area contributed by atoms with Crippen LogP contribution in [-0.4, -0.2) is 7.11 Å². The van der Waals surface area contributed by atoms with Crippen LogP contribution in [0.3, 0.4) is 0 Å². The Balaban J connectivity index is 4.88. The molecule has 3 heteroatoms. The summed E-state index contributed by atoms with van der Waals surface area (Å²) >= 11 is 0. The molecule has 0 fully saturated rings. The van der Waals surface area contributed by atoms with Crippen molar-refractivity contribution in [3.8, 4) is 0 Å². The van der Waals surface area contributed by atoms with Gasteiger partial charge >= 0.3 is 0 Å². The number of methoxy groups -OCH3 is 1. The van der Waals surface area contributed by atoms with Crippen molar-refractivity contribution in [2.45, 2.75) is 27.2 Å². The van der Waals surface area contributed by atoms with Crippen LogP contribution < -0.4 is 0 Å². The predicted molar refractivity (Wildman–Crippen MR) is 44.9 cm³/mol. The minimum atomic E-state index is -0.889. The molecule has 0 heterocycles. The van der Waals surface area contributed by atoms with Gasteiger partial charge in [0.15, 0.2) is 11.7 Å². The lowest BCUT2D eigenvalue weighted by atomic mass is 10.2. The Morgan fingerprint density at radius 3 is 1.92 bits per heavy atom. The summed E-state index contributed by atoms with van der Waals surface area (Å²) in [5.74, 6) is -1.66. The van der Waals surface area contributed by atoms with Crippen LogP contribution in [0.1, 0.15) is 27.2 Å². The molecule has 0 radical (unpaired) electrons. The molecular formula is C9H14F2O. The summed E-state index contributed by atoms with van der Waals surface area (Å²) < 4.78 is 30.6. The Morgan fingerprint density at radius 1 is 1.17 bits per heavy atom. The van der Waals surface area contributed by atoms with Crippen LogP contribution in [0, 0.1) is 0 Å². The molecule has 0 saturated carbocycles. The second kappa shape index (κ2) is 4.91. The molecule has 0 saturated heterocycles. The molecule has 0 atom stereocenters. The number of allylic oxidation sites excluding steroid dienone is 4. The molecule has 1 nitrogen and oxygen atoms in total. The Kier molecular flexibility index (Phi) is 4.55. The zero-order valence-corrected chi connectivity index (χ0v) is 7.87. The zero-order chi connectivity index (χ0) is 9.72. The first-order valence-electron chi connectivity index (χ1n) is 3.80. The summed E-state index contributed by atoms with van der Waals surface area (Å²) in [5, 5.41) is 0. The van der Waals surface area contributed by atoms with Gasteiger partial charge in [0.2, 0.25) is 0 Å². The molecule has 70 valence electrons. The topological polar surface area (TPSA) is 9.23 Å². The van der Waals surface area contributed by atoms with E-state index >= 15 is 0 Å². The van der Waals surface area contributed by atoms with Gasteiger partial charge in [0, 0.05) is 6.42 Å². The van der Waals surface area contributed by atoms with Crippen LogP contribution in [0.4, 0.5) is 8.78 Å². The standard InChI is InChI=1S/C9H14F2O/c1-5-7(12-4)9(11)8(10)6(2)3/h5H2,1-4H3/b9-7-. The van der Waals surface area contributed by atoms with Crippen LogP contribution in [0.15, 0.2) is 23.0 Å². The van der Waals surface area contributed by atoms with Crippen LogP contribution in [-0.2, 0) is 4.74 Å². The van der Waals surface area contributed by atoms with Gasteiger partial charge in [-0.1, -0.05) is 6.92 Å². The summed E-state index contributed by atoms with van der Waals surface area (Å²) in [5.41, 5.74) is 0.315. The lowest BCUT2D eigenvalue weighted by molar-refractivity contribution is 0.262. The van der Waals surface area contributed by atoms with E-state index < -0.39 is 11.7 Å². The highest BCUT2D eigenvalue weighted by molar-refractivity contribution is 5.25. The molecule has 0 aromatic carbocycles. The summed E-state index contributed by atoms with van der Waals surface area (Å²) in [6.07, 6.45) is 0.350. The highest BCUT2D eigenvalue weighted by atomic mass is 19.2. The van der Waals surface area contributed by atoms with Gasteiger partial charge in [0.05, 0.1) is 7.11 Å². The van der Waals surface area contributed by atoms with Crippen molar-refractivity contribution >= 4 is 0 Å². The quantitative estimate of drug-likeness (QED) is 0.472. The van der Waals surface area contributed by atoms with E-state index in [1.54, 1.807) is 6.92 Å². The monoisotopic (exact) mass is 176 g/mol.